The summed E-state index contributed by atoms with van der Waals surface area (Å²) in [6.45, 7) is 3.55. The van der Waals surface area contributed by atoms with Crippen molar-refractivity contribution in [1.29, 1.82) is 0 Å². The molecule has 1 saturated carbocycles. The zero-order valence-electron chi connectivity index (χ0n) is 7.84. The molecule has 12 heavy (non-hydrogen) atoms. The van der Waals surface area contributed by atoms with Crippen LogP contribution in [0.15, 0.2) is 0 Å². The van der Waals surface area contributed by atoms with Gasteiger partial charge in [-0.3, -0.25) is 4.90 Å². The second kappa shape index (κ2) is 5.51. The summed E-state index contributed by atoms with van der Waals surface area (Å²) in [6.07, 6.45) is 5.46. The van der Waals surface area contributed by atoms with Gasteiger partial charge in [-0.25, -0.2) is 0 Å². The van der Waals surface area contributed by atoms with Crippen molar-refractivity contribution in [3.8, 4) is 0 Å². The van der Waals surface area contributed by atoms with Crippen molar-refractivity contribution in [3.05, 3.63) is 0 Å². The third kappa shape index (κ3) is 2.73. The predicted molar refractivity (Wildman–Crippen MR) is 51.9 cm³/mol. The summed E-state index contributed by atoms with van der Waals surface area (Å²) >= 11 is 0. The first kappa shape index (κ1) is 9.96. The molecule has 3 nitrogen and oxygen atoms in total. The van der Waals surface area contributed by atoms with E-state index in [0.717, 1.165) is 32.2 Å². The van der Waals surface area contributed by atoms with E-state index in [1.807, 2.05) is 0 Å². The molecule has 4 N–H and O–H groups in total. The molecule has 0 spiro atoms. The molecule has 0 heterocycles. The summed E-state index contributed by atoms with van der Waals surface area (Å²) in [4.78, 5) is 2.45. The first-order valence-corrected chi connectivity index (χ1v) is 5.02. The molecule has 1 aliphatic rings. The van der Waals surface area contributed by atoms with Crippen LogP contribution in [-0.4, -0.2) is 37.1 Å². The third-order valence-corrected chi connectivity index (χ3v) is 2.67. The van der Waals surface area contributed by atoms with Crippen molar-refractivity contribution in [3.63, 3.8) is 0 Å². The zero-order chi connectivity index (χ0) is 8.81. The number of nitrogens with two attached hydrogens (primary N) is 2. The number of nitrogens with zero attached hydrogens (tertiary/aromatic N) is 1. The molecule has 0 aromatic carbocycles. The number of hydrogen-bond acceptors (Lipinski definition) is 3. The van der Waals surface area contributed by atoms with Gasteiger partial charge in [-0.05, 0) is 12.8 Å². The highest BCUT2D eigenvalue weighted by atomic mass is 15.2. The molecule has 0 aromatic heterocycles. The lowest BCUT2D eigenvalue weighted by atomic mass is 10.2. The second-order valence-electron chi connectivity index (χ2n) is 3.55. The minimum Gasteiger partial charge on any atom is -0.329 e. The molecule has 0 aromatic rings. The van der Waals surface area contributed by atoms with Crippen molar-refractivity contribution in [2.24, 2.45) is 11.5 Å². The van der Waals surface area contributed by atoms with Crippen LogP contribution < -0.4 is 11.5 Å². The summed E-state index contributed by atoms with van der Waals surface area (Å²) in [6, 6.07) is 0.775. The van der Waals surface area contributed by atoms with Gasteiger partial charge in [-0.15, -0.1) is 0 Å². The van der Waals surface area contributed by atoms with Crippen LogP contribution in [0.5, 0.6) is 0 Å². The molecule has 72 valence electrons. The van der Waals surface area contributed by atoms with Gasteiger partial charge in [-0.1, -0.05) is 12.8 Å². The average molecular weight is 171 g/mol. The van der Waals surface area contributed by atoms with Gasteiger partial charge in [-0.2, -0.15) is 0 Å². The average Bonchev–Trinajstić information content (AvgIpc) is 2.56. The zero-order valence-corrected chi connectivity index (χ0v) is 7.84. The Morgan fingerprint density at radius 2 is 1.50 bits per heavy atom. The number of hydrogen-bond donors (Lipinski definition) is 2. The van der Waals surface area contributed by atoms with E-state index in [-0.39, 0.29) is 0 Å². The van der Waals surface area contributed by atoms with E-state index in [2.05, 4.69) is 4.90 Å². The van der Waals surface area contributed by atoms with Gasteiger partial charge >= 0.3 is 0 Å². The Bertz CT molecular complexity index is 104. The van der Waals surface area contributed by atoms with Crippen molar-refractivity contribution < 1.29 is 0 Å². The Kier molecular flexibility index (Phi) is 4.58. The lowest BCUT2D eigenvalue weighted by molar-refractivity contribution is 0.210. The quantitative estimate of drug-likeness (QED) is 0.619. The summed E-state index contributed by atoms with van der Waals surface area (Å²) in [5.74, 6) is 0. The summed E-state index contributed by atoms with van der Waals surface area (Å²) < 4.78 is 0. The summed E-state index contributed by atoms with van der Waals surface area (Å²) in [5.41, 5.74) is 11.1. The highest BCUT2D eigenvalue weighted by Crippen LogP contribution is 2.22. The summed E-state index contributed by atoms with van der Waals surface area (Å²) in [5, 5.41) is 0. The first-order valence-electron chi connectivity index (χ1n) is 5.02. The standard InChI is InChI=1S/C9H21N3/c10-5-7-12(8-6-11)9-3-1-2-4-9/h9H,1-8,10-11H2. The maximum Gasteiger partial charge on any atom is 0.0108 e. The van der Waals surface area contributed by atoms with E-state index in [9.17, 15) is 0 Å². The van der Waals surface area contributed by atoms with E-state index >= 15 is 0 Å². The van der Waals surface area contributed by atoms with E-state index in [0.29, 0.717) is 0 Å². The lowest BCUT2D eigenvalue weighted by Gasteiger charge is -2.27. The van der Waals surface area contributed by atoms with Gasteiger partial charge in [0.25, 0.3) is 0 Å². The van der Waals surface area contributed by atoms with E-state index < -0.39 is 0 Å². The molecule has 0 radical (unpaired) electrons. The van der Waals surface area contributed by atoms with Crippen molar-refractivity contribution in [2.75, 3.05) is 26.2 Å². The smallest absolute Gasteiger partial charge is 0.0108 e. The fraction of sp³-hybridized carbons (Fsp3) is 1.00. The van der Waals surface area contributed by atoms with Crippen molar-refractivity contribution in [2.45, 2.75) is 31.7 Å². The van der Waals surface area contributed by atoms with Gasteiger partial charge in [0.2, 0.25) is 0 Å². The van der Waals surface area contributed by atoms with Crippen LogP contribution in [0.2, 0.25) is 0 Å². The van der Waals surface area contributed by atoms with Gasteiger partial charge in [0, 0.05) is 32.2 Å². The predicted octanol–water partition coefficient (Wildman–Crippen LogP) is 0.148. The molecule has 0 saturated heterocycles. The maximum atomic E-state index is 5.54. The minimum atomic E-state index is 0.760. The Morgan fingerprint density at radius 3 is 1.92 bits per heavy atom. The fourth-order valence-electron chi connectivity index (χ4n) is 2.08. The summed E-state index contributed by atoms with van der Waals surface area (Å²) in [7, 11) is 0. The van der Waals surface area contributed by atoms with Crippen LogP contribution in [0.1, 0.15) is 25.7 Å². The molecule has 3 heteroatoms. The van der Waals surface area contributed by atoms with Crippen LogP contribution >= 0.6 is 0 Å². The molecule has 1 aliphatic carbocycles. The van der Waals surface area contributed by atoms with Gasteiger partial charge in [0.15, 0.2) is 0 Å². The number of rotatable bonds is 5. The van der Waals surface area contributed by atoms with E-state index in [1.165, 1.54) is 25.7 Å². The Balaban J connectivity index is 2.29. The Morgan fingerprint density at radius 1 is 1.00 bits per heavy atom. The normalized spacial score (nSPS) is 19.2. The molecular formula is C9H21N3. The molecule has 0 atom stereocenters. The molecule has 1 fully saturated rings. The molecule has 0 bridgehead atoms. The molecule has 0 aliphatic heterocycles. The largest absolute Gasteiger partial charge is 0.329 e. The van der Waals surface area contributed by atoms with Crippen molar-refractivity contribution in [1.82, 2.24) is 4.90 Å². The van der Waals surface area contributed by atoms with Crippen molar-refractivity contribution >= 4 is 0 Å². The van der Waals surface area contributed by atoms with E-state index in [1.54, 1.807) is 0 Å². The minimum absolute atomic E-state index is 0.760. The Hall–Kier alpha value is -0.120. The highest BCUT2D eigenvalue weighted by Gasteiger charge is 2.20. The van der Waals surface area contributed by atoms with Crippen LogP contribution in [0.3, 0.4) is 0 Å². The molecule has 0 unspecified atom stereocenters. The monoisotopic (exact) mass is 171 g/mol. The van der Waals surface area contributed by atoms with Gasteiger partial charge in [0.05, 0.1) is 0 Å². The Labute approximate surface area is 75.1 Å². The second-order valence-corrected chi connectivity index (χ2v) is 3.55. The van der Waals surface area contributed by atoms with Crippen LogP contribution in [-0.2, 0) is 0 Å². The molecular weight excluding hydrogens is 150 g/mol. The topological polar surface area (TPSA) is 55.3 Å². The SMILES string of the molecule is NCCN(CCN)C1CCCC1. The van der Waals surface area contributed by atoms with Crippen LogP contribution in [0.25, 0.3) is 0 Å². The van der Waals surface area contributed by atoms with Gasteiger partial charge in [0.1, 0.15) is 0 Å². The highest BCUT2D eigenvalue weighted by molar-refractivity contribution is 4.77. The fourth-order valence-corrected chi connectivity index (χ4v) is 2.08. The molecule has 0 amide bonds. The lowest BCUT2D eigenvalue weighted by Crippen LogP contribution is -2.40. The third-order valence-electron chi connectivity index (χ3n) is 2.67. The molecule has 1 rings (SSSR count). The van der Waals surface area contributed by atoms with Crippen LogP contribution in [0.4, 0.5) is 0 Å². The van der Waals surface area contributed by atoms with Gasteiger partial charge < -0.3 is 11.5 Å². The first-order chi connectivity index (χ1) is 5.88. The maximum absolute atomic E-state index is 5.54. The van der Waals surface area contributed by atoms with E-state index in [4.69, 9.17) is 11.5 Å². The van der Waals surface area contributed by atoms with Crippen LogP contribution in [0, 0.1) is 0 Å².